The second-order valence-corrected chi connectivity index (χ2v) is 9.73. The molecule has 0 fully saturated rings. The molecule has 0 radical (unpaired) electrons. The lowest BCUT2D eigenvalue weighted by Crippen LogP contribution is -2.39. The van der Waals surface area contributed by atoms with Gasteiger partial charge < -0.3 is 0 Å². The number of alkyl halides is 3. The number of hydrazone groups is 1. The highest BCUT2D eigenvalue weighted by atomic mass is 127. The Morgan fingerprint density at radius 3 is 2.33 bits per heavy atom. The maximum absolute atomic E-state index is 13.0. The number of rotatable bonds is 6. The van der Waals surface area contributed by atoms with Gasteiger partial charge in [0.25, 0.3) is 5.91 Å². The zero-order valence-corrected chi connectivity index (χ0v) is 19.4. The van der Waals surface area contributed by atoms with Crippen LogP contribution in [0.2, 0.25) is 5.02 Å². The smallest absolute Gasteiger partial charge is 0.271 e. The molecule has 0 saturated carbocycles. The van der Waals surface area contributed by atoms with Gasteiger partial charge in [0, 0.05) is 3.57 Å². The molecule has 1 amide bonds. The first kappa shape index (κ1) is 24.4. The minimum Gasteiger partial charge on any atom is -0.271 e. The maximum Gasteiger partial charge on any atom is 0.416 e. The third-order valence-corrected chi connectivity index (χ3v) is 6.01. The number of halogens is 5. The summed E-state index contributed by atoms with van der Waals surface area (Å²) in [5.41, 5.74) is 1.85. The fourth-order valence-electron chi connectivity index (χ4n) is 2.33. The summed E-state index contributed by atoms with van der Waals surface area (Å²) in [7, 11) is -4.12. The van der Waals surface area contributed by atoms with Gasteiger partial charge in [0.15, 0.2) is 0 Å². The molecule has 0 saturated heterocycles. The number of hydrogen-bond acceptors (Lipinski definition) is 4. The highest BCUT2D eigenvalue weighted by Crippen LogP contribution is 2.36. The molecule has 2 aromatic carbocycles. The first-order valence-corrected chi connectivity index (χ1v) is 11.5. The highest BCUT2D eigenvalue weighted by molar-refractivity contribution is 14.1. The molecule has 0 unspecified atom stereocenters. The topological polar surface area (TPSA) is 78.8 Å². The molecule has 162 valence electrons. The van der Waals surface area contributed by atoms with E-state index in [9.17, 15) is 26.4 Å². The molecule has 0 atom stereocenters. The van der Waals surface area contributed by atoms with Gasteiger partial charge in [0.05, 0.1) is 28.2 Å². The molecular formula is C18H16ClF3IN3O3S. The Hall–Kier alpha value is -1.86. The van der Waals surface area contributed by atoms with Crippen molar-refractivity contribution in [1.82, 2.24) is 5.43 Å². The summed E-state index contributed by atoms with van der Waals surface area (Å²) in [5, 5.41) is 3.66. The summed E-state index contributed by atoms with van der Waals surface area (Å²) < 4.78 is 64.8. The van der Waals surface area contributed by atoms with Crippen molar-refractivity contribution < 1.29 is 26.4 Å². The van der Waals surface area contributed by atoms with Crippen LogP contribution in [0.25, 0.3) is 0 Å². The van der Waals surface area contributed by atoms with E-state index in [1.165, 1.54) is 0 Å². The van der Waals surface area contributed by atoms with Crippen LogP contribution >= 0.6 is 34.2 Å². The minimum atomic E-state index is -4.71. The van der Waals surface area contributed by atoms with Crippen molar-refractivity contribution in [2.24, 2.45) is 5.10 Å². The Labute approximate surface area is 190 Å². The molecule has 6 nitrogen and oxygen atoms in total. The number of nitrogens with zero attached hydrogens (tertiary/aromatic N) is 2. The zero-order valence-electron chi connectivity index (χ0n) is 15.7. The largest absolute Gasteiger partial charge is 0.416 e. The number of amides is 1. The third kappa shape index (κ3) is 6.57. The lowest BCUT2D eigenvalue weighted by atomic mass is 10.1. The SMILES string of the molecule is C/C(=N/NC(=O)CN(c1cc(C(F)(F)F)ccc1Cl)S(C)(=O)=O)c1ccc(I)cc1. The van der Waals surface area contributed by atoms with Crippen LogP contribution < -0.4 is 9.73 Å². The Morgan fingerprint density at radius 1 is 1.20 bits per heavy atom. The summed E-state index contributed by atoms with van der Waals surface area (Å²) in [6.07, 6.45) is -3.95. The van der Waals surface area contributed by atoms with Crippen LogP contribution in [-0.4, -0.2) is 32.8 Å². The van der Waals surface area contributed by atoms with E-state index in [4.69, 9.17) is 11.6 Å². The van der Waals surface area contributed by atoms with Gasteiger partial charge in [-0.25, -0.2) is 13.8 Å². The summed E-state index contributed by atoms with van der Waals surface area (Å²) in [5.74, 6) is -0.848. The average molecular weight is 574 g/mol. The molecule has 2 aromatic rings. The predicted molar refractivity (Wildman–Crippen MR) is 118 cm³/mol. The van der Waals surface area contributed by atoms with E-state index in [1.807, 2.05) is 12.1 Å². The van der Waals surface area contributed by atoms with Crippen LogP contribution in [0, 0.1) is 3.57 Å². The number of sulfonamides is 1. The molecular weight excluding hydrogens is 558 g/mol. The summed E-state index contributed by atoms with van der Waals surface area (Å²) in [6.45, 7) is 0.837. The van der Waals surface area contributed by atoms with E-state index < -0.39 is 39.9 Å². The van der Waals surface area contributed by atoms with E-state index in [2.05, 4.69) is 33.1 Å². The maximum atomic E-state index is 13.0. The minimum absolute atomic E-state index is 0.250. The lowest BCUT2D eigenvalue weighted by molar-refractivity contribution is -0.137. The van der Waals surface area contributed by atoms with Crippen molar-refractivity contribution in [1.29, 1.82) is 0 Å². The highest BCUT2D eigenvalue weighted by Gasteiger charge is 2.33. The molecule has 0 spiro atoms. The first-order chi connectivity index (χ1) is 13.8. The number of nitrogens with one attached hydrogen (secondary N) is 1. The van der Waals surface area contributed by atoms with Crippen molar-refractivity contribution in [2.75, 3.05) is 17.1 Å². The van der Waals surface area contributed by atoms with Crippen LogP contribution in [0.4, 0.5) is 18.9 Å². The van der Waals surface area contributed by atoms with E-state index in [-0.39, 0.29) is 5.02 Å². The Morgan fingerprint density at radius 2 is 1.80 bits per heavy atom. The van der Waals surface area contributed by atoms with Gasteiger partial charge in [-0.1, -0.05) is 23.7 Å². The average Bonchev–Trinajstić information content (AvgIpc) is 2.63. The van der Waals surface area contributed by atoms with Crippen molar-refractivity contribution >= 4 is 61.5 Å². The Kier molecular flexibility index (Phi) is 7.74. The monoisotopic (exact) mass is 573 g/mol. The van der Waals surface area contributed by atoms with Crippen molar-refractivity contribution in [3.8, 4) is 0 Å². The second-order valence-electron chi connectivity index (χ2n) is 6.17. The lowest BCUT2D eigenvalue weighted by Gasteiger charge is -2.23. The van der Waals surface area contributed by atoms with E-state index in [0.717, 1.165) is 27.5 Å². The standard InChI is InChI=1S/C18H16ClF3IN3O3S/c1-11(12-3-6-14(23)7-4-12)24-25-17(27)10-26(30(2,28)29)16-9-13(18(20,21)22)5-8-15(16)19/h3-9H,10H2,1-2H3,(H,25,27)/b24-11-. The number of carbonyl (C=O) groups is 1. The molecule has 0 aliphatic carbocycles. The molecule has 0 aliphatic heterocycles. The molecule has 0 heterocycles. The fraction of sp³-hybridized carbons (Fsp3) is 0.222. The molecule has 0 aliphatic rings. The zero-order chi connectivity index (χ0) is 22.7. The second kappa shape index (κ2) is 9.52. The van der Waals surface area contributed by atoms with E-state index in [1.54, 1.807) is 19.1 Å². The molecule has 12 heteroatoms. The number of carbonyl (C=O) groups excluding carboxylic acids is 1. The predicted octanol–water partition coefficient (Wildman–Crippen LogP) is 4.27. The molecule has 2 rings (SSSR count). The van der Waals surface area contributed by atoms with Crippen LogP contribution in [0.15, 0.2) is 47.6 Å². The van der Waals surface area contributed by atoms with E-state index >= 15 is 0 Å². The van der Waals surface area contributed by atoms with Crippen LogP contribution in [0.1, 0.15) is 18.1 Å². The molecule has 0 bridgehead atoms. The Balaban J connectivity index is 2.27. The van der Waals surface area contributed by atoms with Crippen LogP contribution in [-0.2, 0) is 21.0 Å². The summed E-state index contributed by atoms with van der Waals surface area (Å²) in [4.78, 5) is 12.3. The normalized spacial score (nSPS) is 12.6. The first-order valence-electron chi connectivity index (χ1n) is 8.22. The number of hydrogen-bond donors (Lipinski definition) is 1. The van der Waals surface area contributed by atoms with E-state index in [0.29, 0.717) is 16.1 Å². The number of benzene rings is 2. The Bertz CT molecular complexity index is 1070. The van der Waals surface area contributed by atoms with Crippen LogP contribution in [0.5, 0.6) is 0 Å². The van der Waals surface area contributed by atoms with Crippen molar-refractivity contribution in [3.63, 3.8) is 0 Å². The van der Waals surface area contributed by atoms with Gasteiger partial charge in [-0.05, 0) is 65.4 Å². The quantitative estimate of drug-likeness (QED) is 0.319. The van der Waals surface area contributed by atoms with Gasteiger partial charge in [-0.2, -0.15) is 18.3 Å². The van der Waals surface area contributed by atoms with Crippen LogP contribution in [0.3, 0.4) is 0 Å². The van der Waals surface area contributed by atoms with Gasteiger partial charge in [-0.15, -0.1) is 0 Å². The third-order valence-electron chi connectivity index (χ3n) is 3.84. The number of anilines is 1. The summed E-state index contributed by atoms with van der Waals surface area (Å²) in [6, 6.07) is 9.50. The van der Waals surface area contributed by atoms with Crippen molar-refractivity contribution in [3.05, 3.63) is 62.2 Å². The molecule has 1 N–H and O–H groups in total. The van der Waals surface area contributed by atoms with Gasteiger partial charge in [-0.3, -0.25) is 9.10 Å². The molecule has 30 heavy (non-hydrogen) atoms. The molecule has 0 aromatic heterocycles. The fourth-order valence-corrected chi connectivity index (χ4v) is 3.82. The van der Waals surface area contributed by atoms with Crippen molar-refractivity contribution in [2.45, 2.75) is 13.1 Å². The van der Waals surface area contributed by atoms with Gasteiger partial charge in [0.2, 0.25) is 10.0 Å². The summed E-state index contributed by atoms with van der Waals surface area (Å²) >= 11 is 8.05. The van der Waals surface area contributed by atoms with Gasteiger partial charge in [0.1, 0.15) is 6.54 Å². The van der Waals surface area contributed by atoms with Gasteiger partial charge >= 0.3 is 6.18 Å².